The third-order valence-corrected chi connectivity index (χ3v) is 3.78. The molecule has 0 saturated carbocycles. The second-order valence-corrected chi connectivity index (χ2v) is 5.36. The molecule has 3 rings (SSSR count). The minimum atomic E-state index is -0.412. The van der Waals surface area contributed by atoms with E-state index in [4.69, 9.17) is 9.47 Å². The first-order valence-electron chi connectivity index (χ1n) is 7.15. The predicted molar refractivity (Wildman–Crippen MR) is 81.6 cm³/mol. The first-order valence-corrected chi connectivity index (χ1v) is 7.15. The molecule has 1 amide bonds. The lowest BCUT2D eigenvalue weighted by Gasteiger charge is -2.42. The maximum absolute atomic E-state index is 12.3. The highest BCUT2D eigenvalue weighted by Crippen LogP contribution is 2.29. The summed E-state index contributed by atoms with van der Waals surface area (Å²) in [5.41, 5.74) is 1.37. The zero-order valence-electron chi connectivity index (χ0n) is 12.4. The SMILES string of the molecule is COc1ccc(CC(=O)NC2(c3ccccc3)COC2)nc1. The van der Waals surface area contributed by atoms with Crippen LogP contribution < -0.4 is 10.1 Å². The van der Waals surface area contributed by atoms with Crippen molar-refractivity contribution in [2.24, 2.45) is 0 Å². The van der Waals surface area contributed by atoms with E-state index in [0.29, 0.717) is 24.7 Å². The average molecular weight is 298 g/mol. The molecule has 5 heteroatoms. The Labute approximate surface area is 129 Å². The molecular weight excluding hydrogens is 280 g/mol. The van der Waals surface area contributed by atoms with Crippen molar-refractivity contribution in [3.63, 3.8) is 0 Å². The minimum Gasteiger partial charge on any atom is -0.495 e. The number of methoxy groups -OCH3 is 1. The number of aromatic nitrogens is 1. The molecule has 1 aliphatic rings. The van der Waals surface area contributed by atoms with Crippen LogP contribution in [0.5, 0.6) is 5.75 Å². The van der Waals surface area contributed by atoms with E-state index in [0.717, 1.165) is 5.56 Å². The van der Waals surface area contributed by atoms with Crippen LogP contribution in [-0.2, 0) is 21.5 Å². The zero-order chi connectivity index (χ0) is 15.4. The van der Waals surface area contributed by atoms with Crippen molar-refractivity contribution in [1.82, 2.24) is 10.3 Å². The molecule has 0 aliphatic carbocycles. The zero-order valence-corrected chi connectivity index (χ0v) is 12.4. The van der Waals surface area contributed by atoms with Gasteiger partial charge in [0.25, 0.3) is 0 Å². The van der Waals surface area contributed by atoms with Crippen LogP contribution in [0, 0.1) is 0 Å². The molecular formula is C17H18N2O3. The fraction of sp³-hybridized carbons (Fsp3) is 0.294. The number of pyridine rings is 1. The van der Waals surface area contributed by atoms with Crippen molar-refractivity contribution < 1.29 is 14.3 Å². The first kappa shape index (κ1) is 14.5. The lowest BCUT2D eigenvalue weighted by molar-refractivity contribution is -0.133. The maximum Gasteiger partial charge on any atom is 0.226 e. The highest BCUT2D eigenvalue weighted by atomic mass is 16.5. The lowest BCUT2D eigenvalue weighted by Crippen LogP contribution is -2.59. The fourth-order valence-electron chi connectivity index (χ4n) is 2.49. The number of rotatable bonds is 5. The molecule has 2 aromatic rings. The predicted octanol–water partition coefficient (Wildman–Crippen LogP) is 1.67. The number of ether oxygens (including phenoxy) is 2. The van der Waals surface area contributed by atoms with Gasteiger partial charge in [0.05, 0.1) is 32.9 Å². The summed E-state index contributed by atoms with van der Waals surface area (Å²) in [6, 6.07) is 13.5. The minimum absolute atomic E-state index is 0.0650. The van der Waals surface area contributed by atoms with Crippen molar-refractivity contribution in [3.05, 3.63) is 59.9 Å². The molecule has 1 fully saturated rings. The van der Waals surface area contributed by atoms with Crippen LogP contribution in [0.4, 0.5) is 0 Å². The van der Waals surface area contributed by atoms with E-state index in [1.165, 1.54) is 0 Å². The number of carbonyl (C=O) groups is 1. The summed E-state index contributed by atoms with van der Waals surface area (Å²) in [6.45, 7) is 0.998. The van der Waals surface area contributed by atoms with Gasteiger partial charge < -0.3 is 14.8 Å². The van der Waals surface area contributed by atoms with Crippen LogP contribution in [0.3, 0.4) is 0 Å². The molecule has 0 bridgehead atoms. The third-order valence-electron chi connectivity index (χ3n) is 3.78. The highest BCUT2D eigenvalue weighted by Gasteiger charge is 2.41. The number of hydrogen-bond donors (Lipinski definition) is 1. The van der Waals surface area contributed by atoms with Gasteiger partial charge in [0.15, 0.2) is 0 Å². The molecule has 0 atom stereocenters. The van der Waals surface area contributed by atoms with Gasteiger partial charge in [-0.2, -0.15) is 0 Å². The van der Waals surface area contributed by atoms with Crippen LogP contribution in [0.15, 0.2) is 48.7 Å². The molecule has 22 heavy (non-hydrogen) atoms. The fourth-order valence-corrected chi connectivity index (χ4v) is 2.49. The molecule has 1 aromatic heterocycles. The van der Waals surface area contributed by atoms with E-state index < -0.39 is 5.54 Å². The van der Waals surface area contributed by atoms with Gasteiger partial charge in [-0.05, 0) is 17.7 Å². The number of amides is 1. The van der Waals surface area contributed by atoms with Gasteiger partial charge in [-0.15, -0.1) is 0 Å². The molecule has 1 N–H and O–H groups in total. The summed E-state index contributed by atoms with van der Waals surface area (Å²) in [7, 11) is 1.59. The molecule has 2 heterocycles. The van der Waals surface area contributed by atoms with Crippen molar-refractivity contribution in [1.29, 1.82) is 0 Å². The van der Waals surface area contributed by atoms with E-state index in [-0.39, 0.29) is 12.3 Å². The molecule has 5 nitrogen and oxygen atoms in total. The van der Waals surface area contributed by atoms with Gasteiger partial charge in [-0.1, -0.05) is 30.3 Å². The van der Waals surface area contributed by atoms with Gasteiger partial charge in [0, 0.05) is 5.69 Å². The van der Waals surface area contributed by atoms with Gasteiger partial charge in [0.2, 0.25) is 5.91 Å². The van der Waals surface area contributed by atoms with Gasteiger partial charge in [-0.25, -0.2) is 0 Å². The monoisotopic (exact) mass is 298 g/mol. The van der Waals surface area contributed by atoms with Crippen LogP contribution >= 0.6 is 0 Å². The van der Waals surface area contributed by atoms with E-state index in [1.807, 2.05) is 30.3 Å². The highest BCUT2D eigenvalue weighted by molar-refractivity contribution is 5.79. The van der Waals surface area contributed by atoms with Crippen LogP contribution in [0.2, 0.25) is 0 Å². The van der Waals surface area contributed by atoms with Gasteiger partial charge in [0.1, 0.15) is 11.3 Å². The Hall–Kier alpha value is -2.40. The standard InChI is InChI=1S/C17H18N2O3/c1-21-15-8-7-14(18-10-15)9-16(20)19-17(11-22-12-17)13-5-3-2-4-6-13/h2-8,10H,9,11-12H2,1H3,(H,19,20). The molecule has 0 radical (unpaired) electrons. The summed E-state index contributed by atoms with van der Waals surface area (Å²) in [5.74, 6) is 0.613. The molecule has 114 valence electrons. The van der Waals surface area contributed by atoms with Crippen LogP contribution in [0.25, 0.3) is 0 Å². The van der Waals surface area contributed by atoms with E-state index >= 15 is 0 Å². The van der Waals surface area contributed by atoms with E-state index in [1.54, 1.807) is 25.4 Å². The molecule has 1 aromatic carbocycles. The topological polar surface area (TPSA) is 60.5 Å². The third kappa shape index (κ3) is 2.94. The summed E-state index contributed by atoms with van der Waals surface area (Å²) in [6.07, 6.45) is 1.85. The number of nitrogens with zero attached hydrogens (tertiary/aromatic N) is 1. The summed E-state index contributed by atoms with van der Waals surface area (Å²) in [4.78, 5) is 16.5. The Morgan fingerprint density at radius 2 is 2.05 bits per heavy atom. The smallest absolute Gasteiger partial charge is 0.226 e. The van der Waals surface area contributed by atoms with Crippen molar-refractivity contribution in [3.8, 4) is 5.75 Å². The second-order valence-electron chi connectivity index (χ2n) is 5.36. The Balaban J connectivity index is 1.67. The van der Waals surface area contributed by atoms with E-state index in [2.05, 4.69) is 10.3 Å². The first-order chi connectivity index (χ1) is 10.7. The van der Waals surface area contributed by atoms with Crippen LogP contribution in [0.1, 0.15) is 11.3 Å². The molecule has 0 spiro atoms. The van der Waals surface area contributed by atoms with Crippen molar-refractivity contribution >= 4 is 5.91 Å². The summed E-state index contributed by atoms with van der Waals surface area (Å²) < 4.78 is 10.4. The quantitative estimate of drug-likeness (QED) is 0.912. The average Bonchev–Trinajstić information content (AvgIpc) is 2.52. The lowest BCUT2D eigenvalue weighted by atomic mass is 9.88. The van der Waals surface area contributed by atoms with Gasteiger partial charge in [-0.3, -0.25) is 9.78 Å². The number of carbonyl (C=O) groups excluding carboxylic acids is 1. The molecule has 1 saturated heterocycles. The molecule has 0 unspecified atom stereocenters. The number of nitrogens with one attached hydrogen (secondary N) is 1. The molecule has 1 aliphatic heterocycles. The normalized spacial score (nSPS) is 15.7. The maximum atomic E-state index is 12.3. The summed E-state index contributed by atoms with van der Waals surface area (Å²) >= 11 is 0. The number of hydrogen-bond acceptors (Lipinski definition) is 4. The van der Waals surface area contributed by atoms with Crippen LogP contribution in [-0.4, -0.2) is 31.2 Å². The van der Waals surface area contributed by atoms with E-state index in [9.17, 15) is 4.79 Å². The van der Waals surface area contributed by atoms with Gasteiger partial charge >= 0.3 is 0 Å². The Morgan fingerprint density at radius 1 is 1.27 bits per heavy atom. The summed E-state index contributed by atoms with van der Waals surface area (Å²) in [5, 5.41) is 3.09. The van der Waals surface area contributed by atoms with Crippen molar-refractivity contribution in [2.75, 3.05) is 20.3 Å². The largest absolute Gasteiger partial charge is 0.495 e. The number of benzene rings is 1. The van der Waals surface area contributed by atoms with Crippen molar-refractivity contribution in [2.45, 2.75) is 12.0 Å². The second kappa shape index (κ2) is 6.15. The Bertz CT molecular complexity index is 637. The Morgan fingerprint density at radius 3 is 2.59 bits per heavy atom. The Kier molecular flexibility index (Phi) is 4.06.